The molecule has 0 fully saturated rings. The standard InChI is InChI=1S/C21H14BrN/c22-18-10-16-8-14-5-1-3-12-7-13-4-2-6-15-9-17(11-18)21(16)23(19(12)14)20(13)15/h1-6,10-11H,7-9H2. The first-order valence-electron chi connectivity index (χ1n) is 8.12. The van der Waals surface area contributed by atoms with E-state index in [4.69, 9.17) is 0 Å². The minimum atomic E-state index is 1.04. The van der Waals surface area contributed by atoms with Gasteiger partial charge in [0.05, 0.1) is 17.1 Å². The zero-order valence-corrected chi connectivity index (χ0v) is 14.2. The summed E-state index contributed by atoms with van der Waals surface area (Å²) in [6.07, 6.45) is 3.14. The summed E-state index contributed by atoms with van der Waals surface area (Å²) in [6.45, 7) is 0. The lowest BCUT2D eigenvalue weighted by molar-refractivity contribution is 0.955. The van der Waals surface area contributed by atoms with Gasteiger partial charge in [-0.25, -0.2) is 0 Å². The summed E-state index contributed by atoms with van der Waals surface area (Å²) < 4.78 is 1.20. The topological polar surface area (TPSA) is 3.24 Å². The molecule has 0 radical (unpaired) electrons. The predicted octanol–water partition coefficient (Wildman–Crippen LogP) is 5.63. The van der Waals surface area contributed by atoms with Gasteiger partial charge in [0.25, 0.3) is 0 Å². The van der Waals surface area contributed by atoms with Crippen LogP contribution in [0.15, 0.2) is 53.0 Å². The van der Waals surface area contributed by atoms with Gasteiger partial charge in [-0.2, -0.15) is 0 Å². The molecule has 3 aromatic rings. The van der Waals surface area contributed by atoms with E-state index in [-0.39, 0.29) is 0 Å². The third-order valence-electron chi connectivity index (χ3n) is 5.45. The van der Waals surface area contributed by atoms with Crippen LogP contribution in [0, 0.1) is 0 Å². The van der Waals surface area contributed by atoms with Crippen molar-refractivity contribution in [3.8, 4) is 0 Å². The maximum atomic E-state index is 3.71. The Labute approximate surface area is 143 Å². The molecule has 0 atom stereocenters. The second kappa shape index (κ2) is 4.07. The second-order valence-electron chi connectivity index (χ2n) is 6.79. The van der Waals surface area contributed by atoms with Crippen molar-refractivity contribution in [2.75, 3.05) is 4.90 Å². The van der Waals surface area contributed by atoms with Gasteiger partial charge in [-0.15, -0.1) is 0 Å². The van der Waals surface area contributed by atoms with Gasteiger partial charge in [0.1, 0.15) is 0 Å². The molecule has 3 aliphatic rings. The molecule has 0 aliphatic carbocycles. The molecule has 0 spiro atoms. The highest BCUT2D eigenvalue weighted by molar-refractivity contribution is 9.10. The molecular formula is C21H14BrN. The normalized spacial score (nSPS) is 15.4. The van der Waals surface area contributed by atoms with Crippen molar-refractivity contribution in [3.05, 3.63) is 86.4 Å². The summed E-state index contributed by atoms with van der Waals surface area (Å²) in [5, 5.41) is 0. The van der Waals surface area contributed by atoms with Crippen LogP contribution in [-0.2, 0) is 19.3 Å². The van der Waals surface area contributed by atoms with Crippen molar-refractivity contribution in [1.82, 2.24) is 0 Å². The Hall–Kier alpha value is -2.06. The van der Waals surface area contributed by atoms with Crippen molar-refractivity contribution in [3.63, 3.8) is 0 Å². The SMILES string of the molecule is Brc1cc2c3c(c1)Cc1cccc4c1N3c1c(cccc1C2)C4. The monoisotopic (exact) mass is 359 g/mol. The van der Waals surface area contributed by atoms with Crippen molar-refractivity contribution in [2.45, 2.75) is 19.3 Å². The Bertz CT molecular complexity index is 942. The average Bonchev–Trinajstić information content (AvgIpc) is 2.54. The first-order valence-corrected chi connectivity index (χ1v) is 8.92. The molecule has 0 amide bonds. The molecule has 3 aromatic carbocycles. The summed E-state index contributed by atoms with van der Waals surface area (Å²) in [4.78, 5) is 2.56. The van der Waals surface area contributed by atoms with Crippen LogP contribution in [0.5, 0.6) is 0 Å². The van der Waals surface area contributed by atoms with Crippen molar-refractivity contribution >= 4 is 33.0 Å². The van der Waals surface area contributed by atoms with E-state index in [0.717, 1.165) is 19.3 Å². The first-order chi connectivity index (χ1) is 11.3. The molecule has 0 saturated heterocycles. The van der Waals surface area contributed by atoms with E-state index in [0.29, 0.717) is 0 Å². The summed E-state index contributed by atoms with van der Waals surface area (Å²) in [6, 6.07) is 18.2. The number of benzene rings is 3. The highest BCUT2D eigenvalue weighted by Gasteiger charge is 2.36. The van der Waals surface area contributed by atoms with Crippen LogP contribution in [0.1, 0.15) is 33.4 Å². The third-order valence-corrected chi connectivity index (χ3v) is 5.91. The van der Waals surface area contributed by atoms with E-state index >= 15 is 0 Å². The molecular weight excluding hydrogens is 346 g/mol. The molecule has 0 unspecified atom stereocenters. The van der Waals surface area contributed by atoms with Crippen LogP contribution in [0.25, 0.3) is 0 Å². The maximum absolute atomic E-state index is 3.71. The molecule has 0 aromatic heterocycles. The molecule has 23 heavy (non-hydrogen) atoms. The van der Waals surface area contributed by atoms with Gasteiger partial charge in [-0.3, -0.25) is 0 Å². The number of halogens is 1. The number of anilines is 3. The lowest BCUT2D eigenvalue weighted by Gasteiger charge is -2.44. The Morgan fingerprint density at radius 2 is 1.00 bits per heavy atom. The van der Waals surface area contributed by atoms with Crippen LogP contribution in [-0.4, -0.2) is 0 Å². The van der Waals surface area contributed by atoms with Gasteiger partial charge in [0, 0.05) is 23.7 Å². The Morgan fingerprint density at radius 1 is 0.609 bits per heavy atom. The van der Waals surface area contributed by atoms with E-state index in [1.54, 1.807) is 0 Å². The number of hydrogen-bond donors (Lipinski definition) is 0. The number of hydrogen-bond acceptors (Lipinski definition) is 1. The number of nitrogens with zero attached hydrogens (tertiary/aromatic N) is 1. The smallest absolute Gasteiger partial charge is 0.0533 e. The molecule has 3 heterocycles. The van der Waals surface area contributed by atoms with Crippen LogP contribution in [0.4, 0.5) is 17.1 Å². The van der Waals surface area contributed by atoms with Gasteiger partial charge in [-0.1, -0.05) is 52.3 Å². The fraction of sp³-hybridized carbons (Fsp3) is 0.143. The van der Waals surface area contributed by atoms with E-state index < -0.39 is 0 Å². The van der Waals surface area contributed by atoms with Gasteiger partial charge in [-0.05, 0) is 45.5 Å². The molecule has 3 aliphatic heterocycles. The fourth-order valence-corrected chi connectivity index (χ4v) is 5.21. The second-order valence-corrected chi connectivity index (χ2v) is 7.70. The first kappa shape index (κ1) is 12.4. The van der Waals surface area contributed by atoms with Crippen molar-refractivity contribution < 1.29 is 0 Å². The third kappa shape index (κ3) is 1.48. The minimum Gasteiger partial charge on any atom is -0.309 e. The maximum Gasteiger partial charge on any atom is 0.0533 e. The van der Waals surface area contributed by atoms with Crippen molar-refractivity contribution in [1.29, 1.82) is 0 Å². The Morgan fingerprint density at radius 3 is 1.48 bits per heavy atom. The highest BCUT2D eigenvalue weighted by atomic mass is 79.9. The van der Waals surface area contributed by atoms with Gasteiger partial charge in [0.2, 0.25) is 0 Å². The van der Waals surface area contributed by atoms with Gasteiger partial charge >= 0.3 is 0 Å². The zero-order chi connectivity index (χ0) is 15.1. The van der Waals surface area contributed by atoms with Crippen LogP contribution >= 0.6 is 15.9 Å². The van der Waals surface area contributed by atoms with Crippen LogP contribution < -0.4 is 4.90 Å². The number of para-hydroxylation sites is 2. The number of rotatable bonds is 0. The van der Waals surface area contributed by atoms with Gasteiger partial charge < -0.3 is 4.90 Å². The molecule has 1 nitrogen and oxygen atoms in total. The quantitative estimate of drug-likeness (QED) is 0.339. The molecule has 0 saturated carbocycles. The lowest BCUT2D eigenvalue weighted by Crippen LogP contribution is -2.29. The lowest BCUT2D eigenvalue weighted by atomic mass is 9.80. The molecule has 110 valence electrons. The minimum absolute atomic E-state index is 1.04. The summed E-state index contributed by atoms with van der Waals surface area (Å²) in [5.74, 6) is 0. The molecule has 2 heteroatoms. The van der Waals surface area contributed by atoms with E-state index in [2.05, 4.69) is 69.4 Å². The largest absolute Gasteiger partial charge is 0.309 e. The van der Waals surface area contributed by atoms with Crippen LogP contribution in [0.2, 0.25) is 0 Å². The zero-order valence-electron chi connectivity index (χ0n) is 12.6. The van der Waals surface area contributed by atoms with Gasteiger partial charge in [0.15, 0.2) is 0 Å². The highest BCUT2D eigenvalue weighted by Crippen LogP contribution is 2.55. The average molecular weight is 360 g/mol. The summed E-state index contributed by atoms with van der Waals surface area (Å²) >= 11 is 3.71. The molecule has 6 rings (SSSR count). The summed E-state index contributed by atoms with van der Waals surface area (Å²) in [7, 11) is 0. The molecule has 0 N–H and O–H groups in total. The Kier molecular flexibility index (Phi) is 2.19. The Balaban J connectivity index is 1.79. The summed E-state index contributed by atoms with van der Waals surface area (Å²) in [5.41, 5.74) is 13.1. The van der Waals surface area contributed by atoms with E-state index in [1.807, 2.05) is 0 Å². The van der Waals surface area contributed by atoms with E-state index in [9.17, 15) is 0 Å². The predicted molar refractivity (Wildman–Crippen MR) is 97.2 cm³/mol. The van der Waals surface area contributed by atoms with E-state index in [1.165, 1.54) is 54.9 Å². The van der Waals surface area contributed by atoms with Crippen molar-refractivity contribution in [2.24, 2.45) is 0 Å². The fourth-order valence-electron chi connectivity index (χ4n) is 4.66. The van der Waals surface area contributed by atoms with Crippen LogP contribution in [0.3, 0.4) is 0 Å². The molecule has 0 bridgehead atoms.